The van der Waals surface area contributed by atoms with E-state index in [4.69, 9.17) is 5.73 Å². The summed E-state index contributed by atoms with van der Waals surface area (Å²) in [6, 6.07) is 7.03. The van der Waals surface area contributed by atoms with Crippen LogP contribution in [0.5, 0.6) is 0 Å². The summed E-state index contributed by atoms with van der Waals surface area (Å²) >= 11 is 0. The molecule has 1 rings (SSSR count). The average Bonchev–Trinajstić information content (AvgIpc) is 2.26. The van der Waals surface area contributed by atoms with E-state index in [9.17, 15) is 8.42 Å². The van der Waals surface area contributed by atoms with Gasteiger partial charge in [0.2, 0.25) is 10.0 Å². The molecule has 3 N–H and O–H groups in total. The first kappa shape index (κ1) is 16.0. The van der Waals surface area contributed by atoms with Crippen LogP contribution in [0.4, 0.5) is 5.69 Å². The molecule has 0 aromatic heterocycles. The summed E-state index contributed by atoms with van der Waals surface area (Å²) in [4.78, 5) is 0. The highest BCUT2D eigenvalue weighted by molar-refractivity contribution is 7.92. The van der Waals surface area contributed by atoms with Gasteiger partial charge < -0.3 is 5.73 Å². The van der Waals surface area contributed by atoms with Crippen molar-refractivity contribution in [3.8, 4) is 0 Å². The molecule has 5 heteroatoms. The van der Waals surface area contributed by atoms with Gasteiger partial charge in [-0.25, -0.2) is 8.42 Å². The second kappa shape index (κ2) is 5.92. The van der Waals surface area contributed by atoms with Gasteiger partial charge in [-0.1, -0.05) is 39.0 Å². The van der Waals surface area contributed by atoms with Crippen LogP contribution < -0.4 is 10.5 Å². The van der Waals surface area contributed by atoms with Gasteiger partial charge in [0.25, 0.3) is 0 Å². The van der Waals surface area contributed by atoms with Crippen molar-refractivity contribution in [2.24, 2.45) is 11.1 Å². The first-order chi connectivity index (χ1) is 8.61. The zero-order valence-corrected chi connectivity index (χ0v) is 12.9. The Kier molecular flexibility index (Phi) is 4.98. The van der Waals surface area contributed by atoms with Gasteiger partial charge in [-0.3, -0.25) is 4.72 Å². The lowest BCUT2D eigenvalue weighted by Crippen LogP contribution is -2.22. The smallest absolute Gasteiger partial charge is 0.232 e. The lowest BCUT2D eigenvalue weighted by molar-refractivity contribution is 0.397. The lowest BCUT2D eigenvalue weighted by Gasteiger charge is -2.19. The van der Waals surface area contributed by atoms with E-state index in [1.54, 1.807) is 12.1 Å². The molecule has 0 saturated carbocycles. The fourth-order valence-electron chi connectivity index (χ4n) is 1.65. The van der Waals surface area contributed by atoms with Gasteiger partial charge in [-0.15, -0.1) is 0 Å². The Hall–Kier alpha value is -1.07. The minimum Gasteiger partial charge on any atom is -0.324 e. The van der Waals surface area contributed by atoms with Crippen LogP contribution in [-0.2, 0) is 10.0 Å². The highest BCUT2D eigenvalue weighted by Gasteiger charge is 2.18. The molecule has 0 spiro atoms. The molecule has 0 aliphatic rings. The number of benzene rings is 1. The second-order valence-electron chi connectivity index (χ2n) is 6.11. The Bertz CT molecular complexity index is 516. The van der Waals surface area contributed by atoms with E-state index in [2.05, 4.69) is 4.72 Å². The van der Waals surface area contributed by atoms with E-state index < -0.39 is 10.0 Å². The van der Waals surface area contributed by atoms with Gasteiger partial charge in [-0.05, 0) is 30.4 Å². The van der Waals surface area contributed by atoms with Crippen molar-refractivity contribution < 1.29 is 8.42 Å². The summed E-state index contributed by atoms with van der Waals surface area (Å²) in [7, 11) is -3.33. The predicted molar refractivity (Wildman–Crippen MR) is 80.5 cm³/mol. The van der Waals surface area contributed by atoms with Crippen molar-refractivity contribution in [2.45, 2.75) is 40.2 Å². The van der Waals surface area contributed by atoms with Crippen molar-refractivity contribution in [3.05, 3.63) is 29.8 Å². The Labute approximate surface area is 116 Å². The van der Waals surface area contributed by atoms with E-state index in [0.29, 0.717) is 12.1 Å². The molecule has 0 aliphatic carbocycles. The van der Waals surface area contributed by atoms with Gasteiger partial charge >= 0.3 is 0 Å². The topological polar surface area (TPSA) is 72.2 Å². The Morgan fingerprint density at radius 2 is 1.84 bits per heavy atom. The number of sulfonamides is 1. The fourth-order valence-corrected chi connectivity index (χ4v) is 3.15. The molecule has 108 valence electrons. The maximum absolute atomic E-state index is 12.1. The highest BCUT2D eigenvalue weighted by Crippen LogP contribution is 2.24. The summed E-state index contributed by atoms with van der Waals surface area (Å²) in [6.07, 6.45) is 0.614. The van der Waals surface area contributed by atoms with Crippen LogP contribution in [0.2, 0.25) is 0 Å². The summed E-state index contributed by atoms with van der Waals surface area (Å²) in [5, 5.41) is 0. The van der Waals surface area contributed by atoms with Gasteiger partial charge in [0.05, 0.1) is 11.4 Å². The number of hydrogen-bond acceptors (Lipinski definition) is 3. The highest BCUT2D eigenvalue weighted by atomic mass is 32.2. The molecule has 1 aromatic carbocycles. The van der Waals surface area contributed by atoms with Crippen LogP contribution in [0.1, 0.15) is 45.7 Å². The largest absolute Gasteiger partial charge is 0.324 e. The molecule has 0 aliphatic heterocycles. The molecule has 0 fully saturated rings. The number of hydrogen-bond donors (Lipinski definition) is 2. The number of anilines is 1. The second-order valence-corrected chi connectivity index (χ2v) is 7.95. The number of nitrogens with one attached hydrogen (secondary N) is 1. The van der Waals surface area contributed by atoms with Crippen LogP contribution in [0.25, 0.3) is 0 Å². The van der Waals surface area contributed by atoms with Crippen molar-refractivity contribution in [1.82, 2.24) is 0 Å². The zero-order valence-electron chi connectivity index (χ0n) is 12.1. The SMILES string of the molecule is CC(N)c1ccccc1NS(=O)(=O)CCC(C)(C)C. The molecule has 1 unspecified atom stereocenters. The molecule has 0 radical (unpaired) electrons. The third-order valence-electron chi connectivity index (χ3n) is 2.84. The molecule has 1 atom stereocenters. The Morgan fingerprint density at radius 1 is 1.26 bits per heavy atom. The van der Waals surface area contributed by atoms with Crippen molar-refractivity contribution in [1.29, 1.82) is 0 Å². The van der Waals surface area contributed by atoms with Crippen molar-refractivity contribution in [3.63, 3.8) is 0 Å². The van der Waals surface area contributed by atoms with E-state index in [1.807, 2.05) is 39.8 Å². The molecule has 0 amide bonds. The van der Waals surface area contributed by atoms with Crippen LogP contribution in [0.15, 0.2) is 24.3 Å². The van der Waals surface area contributed by atoms with E-state index in [0.717, 1.165) is 5.56 Å². The first-order valence-corrected chi connectivity index (χ1v) is 8.11. The molecule has 4 nitrogen and oxygen atoms in total. The van der Waals surface area contributed by atoms with Crippen LogP contribution in [-0.4, -0.2) is 14.2 Å². The van der Waals surface area contributed by atoms with Gasteiger partial charge in [0.1, 0.15) is 0 Å². The molecule has 0 bridgehead atoms. The predicted octanol–water partition coefficient (Wildman–Crippen LogP) is 2.88. The normalized spacial score (nSPS) is 14.2. The Balaban J connectivity index is 2.84. The van der Waals surface area contributed by atoms with Gasteiger partial charge in [0, 0.05) is 6.04 Å². The minimum absolute atomic E-state index is 0.00454. The molecular formula is C14H24N2O2S. The minimum atomic E-state index is -3.33. The lowest BCUT2D eigenvalue weighted by atomic mass is 9.94. The molecule has 19 heavy (non-hydrogen) atoms. The molecule has 0 saturated heterocycles. The molecule has 1 aromatic rings. The zero-order chi connectivity index (χ0) is 14.7. The first-order valence-electron chi connectivity index (χ1n) is 6.46. The number of rotatable bonds is 5. The average molecular weight is 284 g/mol. The third-order valence-corrected chi connectivity index (χ3v) is 4.11. The van der Waals surface area contributed by atoms with Gasteiger partial charge in [-0.2, -0.15) is 0 Å². The van der Waals surface area contributed by atoms with Crippen LogP contribution >= 0.6 is 0 Å². The van der Waals surface area contributed by atoms with Crippen LogP contribution in [0, 0.1) is 5.41 Å². The summed E-state index contributed by atoms with van der Waals surface area (Å²) < 4.78 is 26.8. The standard InChI is InChI=1S/C14H24N2O2S/c1-11(15)12-7-5-6-8-13(12)16-19(17,18)10-9-14(2,3)4/h5-8,11,16H,9-10,15H2,1-4H3. The van der Waals surface area contributed by atoms with E-state index in [-0.39, 0.29) is 17.2 Å². The van der Waals surface area contributed by atoms with E-state index >= 15 is 0 Å². The Morgan fingerprint density at radius 3 is 2.37 bits per heavy atom. The van der Waals surface area contributed by atoms with E-state index in [1.165, 1.54) is 0 Å². The summed E-state index contributed by atoms with van der Waals surface area (Å²) in [5.41, 5.74) is 7.22. The van der Waals surface area contributed by atoms with Crippen molar-refractivity contribution >= 4 is 15.7 Å². The maximum Gasteiger partial charge on any atom is 0.232 e. The number of nitrogens with two attached hydrogens (primary N) is 1. The fraction of sp³-hybridized carbons (Fsp3) is 0.571. The summed E-state index contributed by atoms with van der Waals surface area (Å²) in [6.45, 7) is 7.91. The summed E-state index contributed by atoms with van der Waals surface area (Å²) in [5.74, 6) is 0.115. The quantitative estimate of drug-likeness (QED) is 0.873. The monoisotopic (exact) mass is 284 g/mol. The maximum atomic E-state index is 12.1. The van der Waals surface area contributed by atoms with Crippen LogP contribution in [0.3, 0.4) is 0 Å². The van der Waals surface area contributed by atoms with Gasteiger partial charge in [0.15, 0.2) is 0 Å². The molecular weight excluding hydrogens is 260 g/mol. The molecule has 0 heterocycles. The number of para-hydroxylation sites is 1. The third kappa shape index (κ3) is 5.61. The van der Waals surface area contributed by atoms with Crippen molar-refractivity contribution in [2.75, 3.05) is 10.5 Å².